The van der Waals surface area contributed by atoms with Crippen LogP contribution in [0.1, 0.15) is 57.2 Å². The Bertz CT molecular complexity index is 398. The van der Waals surface area contributed by atoms with Crippen molar-refractivity contribution in [2.45, 2.75) is 46.1 Å². The summed E-state index contributed by atoms with van der Waals surface area (Å²) in [6.45, 7) is 10.9. The number of hydrogen-bond donors (Lipinski definition) is 1. The second-order valence-corrected chi connectivity index (χ2v) is 5.94. The van der Waals surface area contributed by atoms with Gasteiger partial charge in [0.1, 0.15) is 5.75 Å². The molecule has 1 heterocycles. The average Bonchev–Trinajstić information content (AvgIpc) is 2.35. The van der Waals surface area contributed by atoms with Gasteiger partial charge in [0.05, 0.1) is 6.61 Å². The molecule has 2 nitrogen and oxygen atoms in total. The molecule has 0 aliphatic carbocycles. The van der Waals surface area contributed by atoms with Gasteiger partial charge in [0.2, 0.25) is 0 Å². The van der Waals surface area contributed by atoms with Crippen molar-refractivity contribution in [3.63, 3.8) is 0 Å². The lowest BCUT2D eigenvalue weighted by molar-refractivity contribution is 0.250. The first kappa shape index (κ1) is 13.4. The molecule has 0 saturated heterocycles. The molecule has 1 N–H and O–H groups in total. The van der Waals surface area contributed by atoms with E-state index in [0.717, 1.165) is 25.3 Å². The number of benzene rings is 1. The molecule has 0 fully saturated rings. The van der Waals surface area contributed by atoms with Crippen molar-refractivity contribution in [1.29, 1.82) is 0 Å². The van der Waals surface area contributed by atoms with E-state index in [0.29, 0.717) is 17.9 Å². The Labute approximate surface area is 111 Å². The topological polar surface area (TPSA) is 21.3 Å². The number of hydrogen-bond acceptors (Lipinski definition) is 2. The molecule has 0 aromatic heterocycles. The van der Waals surface area contributed by atoms with Crippen molar-refractivity contribution >= 4 is 0 Å². The van der Waals surface area contributed by atoms with Crippen LogP contribution in [-0.4, -0.2) is 13.2 Å². The van der Waals surface area contributed by atoms with E-state index < -0.39 is 0 Å². The molecule has 0 spiro atoms. The fourth-order valence-electron chi connectivity index (χ4n) is 2.36. The Morgan fingerprint density at radius 3 is 2.72 bits per heavy atom. The maximum atomic E-state index is 5.76. The van der Waals surface area contributed by atoms with Gasteiger partial charge in [-0.3, -0.25) is 0 Å². The van der Waals surface area contributed by atoms with Crippen molar-refractivity contribution in [1.82, 2.24) is 5.32 Å². The van der Waals surface area contributed by atoms with Crippen molar-refractivity contribution in [3.05, 3.63) is 29.3 Å². The highest BCUT2D eigenvalue weighted by molar-refractivity contribution is 5.41. The van der Waals surface area contributed by atoms with Gasteiger partial charge in [-0.25, -0.2) is 0 Å². The number of nitrogens with one attached hydrogen (secondary N) is 1. The first-order valence-corrected chi connectivity index (χ1v) is 7.08. The highest BCUT2D eigenvalue weighted by atomic mass is 16.5. The molecule has 0 radical (unpaired) electrons. The molecule has 18 heavy (non-hydrogen) atoms. The maximum absolute atomic E-state index is 5.76. The van der Waals surface area contributed by atoms with E-state index in [1.807, 2.05) is 0 Å². The van der Waals surface area contributed by atoms with Crippen LogP contribution < -0.4 is 10.1 Å². The molecule has 2 rings (SSSR count). The zero-order valence-electron chi connectivity index (χ0n) is 12.0. The summed E-state index contributed by atoms with van der Waals surface area (Å²) in [5.74, 6) is 2.32. The van der Waals surface area contributed by atoms with Crippen molar-refractivity contribution in [2.75, 3.05) is 13.2 Å². The highest BCUT2D eigenvalue weighted by Crippen LogP contribution is 2.34. The van der Waals surface area contributed by atoms with E-state index in [2.05, 4.69) is 51.2 Å². The summed E-state index contributed by atoms with van der Waals surface area (Å²) < 4.78 is 5.76. The molecule has 100 valence electrons. The lowest BCUT2D eigenvalue weighted by Crippen LogP contribution is -2.29. The van der Waals surface area contributed by atoms with Crippen molar-refractivity contribution in [3.8, 4) is 5.75 Å². The highest BCUT2D eigenvalue weighted by Gasteiger charge is 2.21. The SMILES string of the molecule is CC(C)CNC1CCOc2ccc(C(C)C)cc21. The van der Waals surface area contributed by atoms with Crippen LogP contribution >= 0.6 is 0 Å². The molecule has 1 aliphatic rings. The lowest BCUT2D eigenvalue weighted by atomic mass is 9.94. The van der Waals surface area contributed by atoms with Gasteiger partial charge >= 0.3 is 0 Å². The number of rotatable bonds is 4. The Morgan fingerprint density at radius 1 is 1.28 bits per heavy atom. The molecule has 0 saturated carbocycles. The zero-order chi connectivity index (χ0) is 13.1. The molecule has 1 atom stereocenters. The maximum Gasteiger partial charge on any atom is 0.124 e. The summed E-state index contributed by atoms with van der Waals surface area (Å²) in [5.41, 5.74) is 2.74. The predicted molar refractivity (Wildman–Crippen MR) is 76.2 cm³/mol. The van der Waals surface area contributed by atoms with Crippen LogP contribution in [0.4, 0.5) is 0 Å². The van der Waals surface area contributed by atoms with Crippen molar-refractivity contribution < 1.29 is 4.74 Å². The van der Waals surface area contributed by atoms with Crippen LogP contribution in [0.25, 0.3) is 0 Å². The summed E-state index contributed by atoms with van der Waals surface area (Å²) in [5, 5.41) is 3.66. The van der Waals surface area contributed by atoms with Gasteiger partial charge in [-0.05, 0) is 30.0 Å². The second kappa shape index (κ2) is 5.75. The van der Waals surface area contributed by atoms with E-state index in [1.54, 1.807) is 0 Å². The molecule has 1 unspecified atom stereocenters. The van der Waals surface area contributed by atoms with Gasteiger partial charge in [0, 0.05) is 18.0 Å². The Hall–Kier alpha value is -1.02. The fraction of sp³-hybridized carbons (Fsp3) is 0.625. The lowest BCUT2D eigenvalue weighted by Gasteiger charge is -2.28. The summed E-state index contributed by atoms with van der Waals surface area (Å²) in [6.07, 6.45) is 1.07. The van der Waals surface area contributed by atoms with Gasteiger partial charge < -0.3 is 10.1 Å². The van der Waals surface area contributed by atoms with Gasteiger partial charge in [-0.1, -0.05) is 39.8 Å². The monoisotopic (exact) mass is 247 g/mol. The van der Waals surface area contributed by atoms with Gasteiger partial charge in [-0.2, -0.15) is 0 Å². The third-order valence-electron chi connectivity index (χ3n) is 3.51. The fourth-order valence-corrected chi connectivity index (χ4v) is 2.36. The summed E-state index contributed by atoms with van der Waals surface area (Å²) >= 11 is 0. The van der Waals surface area contributed by atoms with Gasteiger partial charge in [0.15, 0.2) is 0 Å². The van der Waals surface area contributed by atoms with Gasteiger partial charge in [-0.15, -0.1) is 0 Å². The normalized spacial score (nSPS) is 18.9. The molecule has 2 heteroatoms. The van der Waals surface area contributed by atoms with Crippen LogP contribution in [0.5, 0.6) is 5.75 Å². The van der Waals surface area contributed by atoms with Crippen LogP contribution in [0.15, 0.2) is 18.2 Å². The van der Waals surface area contributed by atoms with E-state index in [4.69, 9.17) is 4.74 Å². The van der Waals surface area contributed by atoms with Crippen LogP contribution in [0.3, 0.4) is 0 Å². The zero-order valence-corrected chi connectivity index (χ0v) is 12.0. The minimum Gasteiger partial charge on any atom is -0.493 e. The molecule has 0 amide bonds. The summed E-state index contributed by atoms with van der Waals surface area (Å²) in [6, 6.07) is 7.09. The number of fused-ring (bicyclic) bond motifs is 1. The van der Waals surface area contributed by atoms with Crippen LogP contribution in [0.2, 0.25) is 0 Å². The summed E-state index contributed by atoms with van der Waals surface area (Å²) in [7, 11) is 0. The Balaban J connectivity index is 2.20. The third-order valence-corrected chi connectivity index (χ3v) is 3.51. The standard InChI is InChI=1S/C16H25NO/c1-11(2)10-17-15-7-8-18-16-6-5-13(12(3)4)9-14(15)16/h5-6,9,11-12,15,17H,7-8,10H2,1-4H3. The smallest absolute Gasteiger partial charge is 0.124 e. The molecular formula is C16H25NO. The van der Waals surface area contributed by atoms with Crippen LogP contribution in [0, 0.1) is 5.92 Å². The minimum absolute atomic E-state index is 0.454. The third kappa shape index (κ3) is 3.05. The Kier molecular flexibility index (Phi) is 4.28. The predicted octanol–water partition coefficient (Wildman–Crippen LogP) is 3.88. The summed E-state index contributed by atoms with van der Waals surface area (Å²) in [4.78, 5) is 0. The molecule has 1 aromatic rings. The van der Waals surface area contributed by atoms with E-state index in [-0.39, 0.29) is 0 Å². The molecule has 0 bridgehead atoms. The molecule has 1 aliphatic heterocycles. The van der Waals surface area contributed by atoms with Crippen molar-refractivity contribution in [2.24, 2.45) is 5.92 Å². The average molecular weight is 247 g/mol. The number of ether oxygens (including phenoxy) is 1. The second-order valence-electron chi connectivity index (χ2n) is 5.94. The first-order chi connectivity index (χ1) is 8.58. The minimum atomic E-state index is 0.454. The van der Waals surface area contributed by atoms with E-state index in [1.165, 1.54) is 11.1 Å². The molecular weight excluding hydrogens is 222 g/mol. The van der Waals surface area contributed by atoms with Gasteiger partial charge in [0.25, 0.3) is 0 Å². The Morgan fingerprint density at radius 2 is 2.06 bits per heavy atom. The first-order valence-electron chi connectivity index (χ1n) is 7.08. The molecule has 1 aromatic carbocycles. The van der Waals surface area contributed by atoms with E-state index in [9.17, 15) is 0 Å². The van der Waals surface area contributed by atoms with E-state index >= 15 is 0 Å². The quantitative estimate of drug-likeness (QED) is 0.872. The van der Waals surface area contributed by atoms with Crippen LogP contribution in [-0.2, 0) is 0 Å². The largest absolute Gasteiger partial charge is 0.493 e.